The fourth-order valence-corrected chi connectivity index (χ4v) is 13.4. The Morgan fingerprint density at radius 3 is 1.12 bits per heavy atom. The first-order valence-electron chi connectivity index (χ1n) is 21.4. The summed E-state index contributed by atoms with van der Waals surface area (Å²) in [5.41, 5.74) is 7.63. The molecule has 0 aliphatic heterocycles. The molecule has 0 radical (unpaired) electrons. The van der Waals surface area contributed by atoms with E-state index in [1.54, 1.807) is 0 Å². The van der Waals surface area contributed by atoms with Crippen molar-refractivity contribution >= 4 is 27.9 Å². The molecule has 5 aromatic carbocycles. The van der Waals surface area contributed by atoms with Gasteiger partial charge in [0.25, 0.3) is 0 Å². The fourth-order valence-electron chi connectivity index (χ4n) is 8.05. The Labute approximate surface area is 363 Å². The molecule has 5 aromatic rings. The van der Waals surface area contributed by atoms with E-state index in [9.17, 15) is 20.4 Å². The second kappa shape index (κ2) is 23.7. The Bertz CT molecular complexity index is 1750. The number of benzene rings is 5. The van der Waals surface area contributed by atoms with Gasteiger partial charge in [-0.05, 0) is 63.6 Å². The summed E-state index contributed by atoms with van der Waals surface area (Å²) < 4.78 is 21.0. The van der Waals surface area contributed by atoms with Gasteiger partial charge in [0.1, 0.15) is 0 Å². The van der Waals surface area contributed by atoms with Gasteiger partial charge in [-0.1, -0.05) is 167 Å². The third-order valence-corrected chi connectivity index (χ3v) is 17.9. The van der Waals surface area contributed by atoms with E-state index in [-0.39, 0.29) is 33.0 Å². The van der Waals surface area contributed by atoms with Crippen LogP contribution in [0, 0.1) is 0 Å². The van der Waals surface area contributed by atoms with Crippen LogP contribution in [0.15, 0.2) is 140 Å². The Morgan fingerprint density at radius 2 is 0.817 bits per heavy atom. The van der Waals surface area contributed by atoms with E-state index in [1.165, 1.54) is 27.8 Å². The molecule has 0 aromatic heterocycles. The van der Waals surface area contributed by atoms with Gasteiger partial charge in [-0.3, -0.25) is 0 Å². The molecule has 0 spiro atoms. The zero-order valence-corrected chi connectivity index (χ0v) is 37.7. The van der Waals surface area contributed by atoms with Gasteiger partial charge < -0.3 is 33.3 Å². The Morgan fingerprint density at radius 1 is 0.483 bits per heavy atom. The normalized spacial score (nSPS) is 12.9. The highest BCUT2D eigenvalue weighted by Crippen LogP contribution is 2.57. The fraction of sp³-hybridized carbons (Fsp3) is 0.400. The van der Waals surface area contributed by atoms with Gasteiger partial charge >= 0.3 is 7.32 Å². The largest absolute Gasteiger partial charge is 0.660 e. The molecule has 0 aliphatic carbocycles. The van der Waals surface area contributed by atoms with Crippen molar-refractivity contribution in [3.05, 3.63) is 178 Å². The number of aliphatic hydroxyl groups excluding tert-OH is 4. The smallest absolute Gasteiger partial charge is 0.395 e. The van der Waals surface area contributed by atoms with Gasteiger partial charge in [-0.2, -0.15) is 0 Å². The predicted molar refractivity (Wildman–Crippen MR) is 254 cm³/mol. The van der Waals surface area contributed by atoms with Crippen LogP contribution in [0.1, 0.15) is 91.3 Å². The number of rotatable bonds is 26. The predicted octanol–water partition coefficient (Wildman–Crippen LogP) is 9.89. The maximum atomic E-state index is 10.5. The van der Waals surface area contributed by atoms with Crippen LogP contribution in [0.25, 0.3) is 0 Å². The molecule has 0 heterocycles. The SMILES string of the molecule is CC(C)c1ccc(CS(CCO)(CCO)OB(OCCCC(c2ccccc2)(c2ccccc2)c2ccccc2)OS(CCO)(CCO)Cc2ccc(C(C)C)cc2)cc1. The molecule has 0 atom stereocenters. The van der Waals surface area contributed by atoms with Crippen molar-refractivity contribution in [3.63, 3.8) is 0 Å². The second-order valence-corrected chi connectivity index (χ2v) is 22.6. The lowest BCUT2D eigenvalue weighted by molar-refractivity contribution is 0.203. The van der Waals surface area contributed by atoms with E-state index in [1.807, 2.05) is 18.2 Å². The molecule has 7 nitrogen and oxygen atoms in total. The van der Waals surface area contributed by atoms with Gasteiger partial charge in [-0.25, -0.2) is 0 Å². The monoisotopic (exact) mass is 854 g/mol. The molecule has 5 rings (SSSR count). The van der Waals surface area contributed by atoms with Crippen LogP contribution in [0.5, 0.6) is 0 Å². The topological polar surface area (TPSA) is 109 Å². The van der Waals surface area contributed by atoms with Crippen LogP contribution >= 0.6 is 20.6 Å². The van der Waals surface area contributed by atoms with E-state index >= 15 is 0 Å². The Balaban J connectivity index is 1.52. The highest BCUT2D eigenvalue weighted by molar-refractivity contribution is 8.30. The van der Waals surface area contributed by atoms with Crippen molar-refractivity contribution < 1.29 is 33.3 Å². The van der Waals surface area contributed by atoms with Crippen molar-refractivity contribution in [2.75, 3.05) is 56.0 Å². The lowest BCUT2D eigenvalue weighted by Crippen LogP contribution is -2.37. The molecule has 4 N–H and O–H groups in total. The van der Waals surface area contributed by atoms with Crippen molar-refractivity contribution in [1.29, 1.82) is 0 Å². The summed E-state index contributed by atoms with van der Waals surface area (Å²) in [6.45, 7) is 8.43. The van der Waals surface area contributed by atoms with Gasteiger partial charge in [-0.15, -0.1) is 20.6 Å². The minimum atomic E-state index is -2.23. The summed E-state index contributed by atoms with van der Waals surface area (Å²) in [5, 5.41) is 42.2. The summed E-state index contributed by atoms with van der Waals surface area (Å²) in [7, 11) is -5.64. The summed E-state index contributed by atoms with van der Waals surface area (Å²) in [4.78, 5) is 0. The lowest BCUT2D eigenvalue weighted by atomic mass is 9.67. The Kier molecular flexibility index (Phi) is 18.8. The van der Waals surface area contributed by atoms with Crippen LogP contribution in [0.2, 0.25) is 0 Å². The van der Waals surface area contributed by atoms with Crippen LogP contribution in [0.3, 0.4) is 0 Å². The molecule has 0 saturated heterocycles. The first-order chi connectivity index (χ1) is 29.1. The van der Waals surface area contributed by atoms with Gasteiger partial charge in [0.05, 0.1) is 26.4 Å². The summed E-state index contributed by atoms with van der Waals surface area (Å²) >= 11 is 0. The molecule has 0 aliphatic rings. The molecule has 0 unspecified atom stereocenters. The highest BCUT2D eigenvalue weighted by atomic mass is 32.3. The molecule has 0 amide bonds. The zero-order valence-electron chi connectivity index (χ0n) is 36.0. The minimum absolute atomic E-state index is 0.132. The van der Waals surface area contributed by atoms with Crippen molar-refractivity contribution in [1.82, 2.24) is 0 Å². The van der Waals surface area contributed by atoms with Crippen molar-refractivity contribution in [2.45, 2.75) is 69.3 Å². The summed E-state index contributed by atoms with van der Waals surface area (Å²) in [6.07, 6.45) is 1.36. The van der Waals surface area contributed by atoms with Gasteiger partial charge in [0.15, 0.2) is 0 Å². The second-order valence-electron chi connectivity index (χ2n) is 16.2. The zero-order chi connectivity index (χ0) is 42.9. The third kappa shape index (κ3) is 12.8. The molecule has 10 heteroatoms. The number of hydrogen-bond acceptors (Lipinski definition) is 7. The van der Waals surface area contributed by atoms with Crippen LogP contribution in [0.4, 0.5) is 0 Å². The third-order valence-electron chi connectivity index (χ3n) is 11.3. The van der Waals surface area contributed by atoms with Crippen LogP contribution in [-0.4, -0.2) is 83.8 Å². The van der Waals surface area contributed by atoms with E-state index in [4.69, 9.17) is 12.9 Å². The maximum absolute atomic E-state index is 10.5. The number of hydrogen-bond donors (Lipinski definition) is 4. The molecular formula is C50H67BO7S2. The van der Waals surface area contributed by atoms with Crippen LogP contribution in [-0.2, 0) is 29.8 Å². The lowest BCUT2D eigenvalue weighted by Gasteiger charge is -2.45. The summed E-state index contributed by atoms with van der Waals surface area (Å²) in [5.74, 6) is 3.03. The number of aliphatic hydroxyl groups is 4. The van der Waals surface area contributed by atoms with Crippen molar-refractivity contribution in [3.8, 4) is 0 Å². The highest BCUT2D eigenvalue weighted by Gasteiger charge is 2.41. The standard InChI is InChI=1S/C50H67BO7S2/c1-41(2)45-25-21-43(22-26-45)39-59(35-30-52,36-31-53)57-51(58-60(37-32-54,38-33-55)40-44-23-27-46(28-24-44)42(3)4)56-34-14-29-50(47-15-8-5-9-16-47,48-17-10-6-11-18-48)49-19-12-7-13-20-49/h5-13,15-28,41-42,52-55H,14,29-40H2,1-4H3. The summed E-state index contributed by atoms with van der Waals surface area (Å²) in [6, 6.07) is 48.8. The maximum Gasteiger partial charge on any atom is 0.660 e. The first kappa shape index (κ1) is 47.6. The quantitative estimate of drug-likeness (QED) is 0.0249. The van der Waals surface area contributed by atoms with E-state index in [2.05, 4.69) is 149 Å². The van der Waals surface area contributed by atoms with E-state index in [0.717, 1.165) is 17.5 Å². The minimum Gasteiger partial charge on any atom is -0.395 e. The van der Waals surface area contributed by atoms with Crippen LogP contribution < -0.4 is 0 Å². The van der Waals surface area contributed by atoms with Crippen molar-refractivity contribution in [2.24, 2.45) is 0 Å². The molecule has 0 fully saturated rings. The molecule has 60 heavy (non-hydrogen) atoms. The van der Waals surface area contributed by atoms with Gasteiger partial charge in [0.2, 0.25) is 0 Å². The van der Waals surface area contributed by atoms with Gasteiger partial charge in [0, 0.05) is 46.5 Å². The first-order valence-corrected chi connectivity index (χ1v) is 25.5. The molecule has 0 saturated carbocycles. The molecular weight excluding hydrogens is 787 g/mol. The molecule has 324 valence electrons. The Hall–Kier alpha value is -3.42. The average molecular weight is 855 g/mol. The molecule has 0 bridgehead atoms. The van der Waals surface area contributed by atoms with E-state index < -0.39 is 33.4 Å². The van der Waals surface area contributed by atoms with E-state index in [0.29, 0.717) is 52.8 Å². The average Bonchev–Trinajstić information content (AvgIpc) is 3.25.